The molecular weight excluding hydrogens is 184 g/mol. The second-order valence-corrected chi connectivity index (χ2v) is 3.78. The van der Waals surface area contributed by atoms with Crippen molar-refractivity contribution in [2.24, 2.45) is 5.92 Å². The van der Waals surface area contributed by atoms with E-state index in [0.717, 1.165) is 0 Å². The van der Waals surface area contributed by atoms with Crippen molar-refractivity contribution in [3.63, 3.8) is 0 Å². The second-order valence-electron chi connectivity index (χ2n) is 3.78. The third-order valence-corrected chi connectivity index (χ3v) is 2.74. The number of carboxylic acid groups (broad SMARTS) is 1. The molecule has 0 aromatic rings. The van der Waals surface area contributed by atoms with E-state index in [2.05, 4.69) is 0 Å². The number of hydrogen-bond acceptors (Lipinski definition) is 3. The molecule has 14 heavy (non-hydrogen) atoms. The minimum absolute atomic E-state index is 0.238. The van der Waals surface area contributed by atoms with Crippen LogP contribution < -0.4 is 0 Å². The molecule has 1 heterocycles. The zero-order valence-electron chi connectivity index (χ0n) is 8.58. The van der Waals surface area contributed by atoms with Crippen LogP contribution in [0.2, 0.25) is 0 Å². The number of carbonyl (C=O) groups is 2. The van der Waals surface area contributed by atoms with E-state index in [4.69, 9.17) is 9.84 Å². The van der Waals surface area contributed by atoms with Crippen LogP contribution in [0.15, 0.2) is 0 Å². The lowest BCUT2D eigenvalue weighted by Gasteiger charge is -2.21. The molecule has 1 saturated heterocycles. The van der Waals surface area contributed by atoms with Gasteiger partial charge in [0, 0.05) is 6.42 Å². The Hall–Kier alpha value is -1.06. The highest BCUT2D eigenvalue weighted by Gasteiger charge is 2.51. The van der Waals surface area contributed by atoms with E-state index in [1.165, 1.54) is 0 Å². The number of esters is 1. The zero-order valence-corrected chi connectivity index (χ0v) is 8.58. The van der Waals surface area contributed by atoms with Gasteiger partial charge in [-0.3, -0.25) is 4.79 Å². The van der Waals surface area contributed by atoms with Crippen LogP contribution in [0.1, 0.15) is 39.5 Å². The maximum absolute atomic E-state index is 11.3. The van der Waals surface area contributed by atoms with Crippen molar-refractivity contribution >= 4 is 11.9 Å². The molecule has 0 spiro atoms. The Morgan fingerprint density at radius 2 is 2.29 bits per heavy atom. The number of cyclic esters (lactones) is 1. The van der Waals surface area contributed by atoms with Gasteiger partial charge in [-0.1, -0.05) is 20.3 Å². The SMILES string of the molecule is CCCC1(C(=O)O)CC(CC)C(=O)O1. The lowest BCUT2D eigenvalue weighted by Crippen LogP contribution is -2.38. The van der Waals surface area contributed by atoms with Gasteiger partial charge in [-0.2, -0.15) is 0 Å². The molecule has 0 radical (unpaired) electrons. The smallest absolute Gasteiger partial charge is 0.348 e. The lowest BCUT2D eigenvalue weighted by molar-refractivity contribution is -0.170. The summed E-state index contributed by atoms with van der Waals surface area (Å²) in [7, 11) is 0. The first-order chi connectivity index (χ1) is 6.55. The van der Waals surface area contributed by atoms with Gasteiger partial charge >= 0.3 is 11.9 Å². The molecule has 1 aliphatic rings. The average Bonchev–Trinajstić information content (AvgIpc) is 2.44. The average molecular weight is 200 g/mol. The van der Waals surface area contributed by atoms with Crippen LogP contribution in [0.5, 0.6) is 0 Å². The summed E-state index contributed by atoms with van der Waals surface area (Å²) in [6.07, 6.45) is 2.09. The summed E-state index contributed by atoms with van der Waals surface area (Å²) in [5, 5.41) is 9.05. The highest BCUT2D eigenvalue weighted by molar-refractivity contribution is 5.86. The van der Waals surface area contributed by atoms with Gasteiger partial charge < -0.3 is 9.84 Å². The maximum atomic E-state index is 11.3. The lowest BCUT2D eigenvalue weighted by atomic mass is 9.89. The highest BCUT2D eigenvalue weighted by Crippen LogP contribution is 2.36. The third-order valence-electron chi connectivity index (χ3n) is 2.74. The van der Waals surface area contributed by atoms with Crippen LogP contribution in [0.4, 0.5) is 0 Å². The Balaban J connectivity index is 2.82. The maximum Gasteiger partial charge on any atom is 0.348 e. The van der Waals surface area contributed by atoms with Gasteiger partial charge in [-0.25, -0.2) is 4.79 Å². The molecule has 80 valence electrons. The number of aliphatic carboxylic acids is 1. The summed E-state index contributed by atoms with van der Waals surface area (Å²) in [5.74, 6) is -1.61. The summed E-state index contributed by atoms with van der Waals surface area (Å²) in [4.78, 5) is 22.4. The fourth-order valence-electron chi connectivity index (χ4n) is 1.90. The van der Waals surface area contributed by atoms with Crippen LogP contribution in [-0.4, -0.2) is 22.6 Å². The van der Waals surface area contributed by atoms with E-state index in [0.29, 0.717) is 25.7 Å². The predicted octanol–water partition coefficient (Wildman–Crippen LogP) is 1.58. The summed E-state index contributed by atoms with van der Waals surface area (Å²) >= 11 is 0. The first kappa shape index (κ1) is 11.0. The van der Waals surface area contributed by atoms with Crippen molar-refractivity contribution < 1.29 is 19.4 Å². The number of carboxylic acids is 1. The number of rotatable bonds is 4. The standard InChI is InChI=1S/C10H16O4/c1-3-5-10(9(12)13)6-7(4-2)8(11)14-10/h7H,3-6H2,1-2H3,(H,12,13). The summed E-state index contributed by atoms with van der Waals surface area (Å²) in [5.41, 5.74) is -1.24. The quantitative estimate of drug-likeness (QED) is 0.700. The molecule has 1 aliphatic heterocycles. The molecular formula is C10H16O4. The number of carbonyl (C=O) groups excluding carboxylic acids is 1. The molecule has 4 heteroatoms. The highest BCUT2D eigenvalue weighted by atomic mass is 16.6. The molecule has 0 aromatic carbocycles. The first-order valence-corrected chi connectivity index (χ1v) is 5.02. The minimum Gasteiger partial charge on any atom is -0.478 e. The fraction of sp³-hybridized carbons (Fsp3) is 0.800. The summed E-state index contributed by atoms with van der Waals surface area (Å²) in [6, 6.07) is 0. The molecule has 0 aromatic heterocycles. The topological polar surface area (TPSA) is 63.6 Å². The van der Waals surface area contributed by atoms with Crippen molar-refractivity contribution in [3.8, 4) is 0 Å². The molecule has 0 bridgehead atoms. The Bertz CT molecular complexity index is 247. The van der Waals surface area contributed by atoms with Gasteiger partial charge in [0.15, 0.2) is 0 Å². The van der Waals surface area contributed by atoms with Crippen LogP contribution in [0.3, 0.4) is 0 Å². The Labute approximate surface area is 83.2 Å². The monoisotopic (exact) mass is 200 g/mol. The van der Waals surface area contributed by atoms with E-state index in [1.54, 1.807) is 0 Å². The first-order valence-electron chi connectivity index (χ1n) is 5.02. The third kappa shape index (κ3) is 1.74. The van der Waals surface area contributed by atoms with Crippen LogP contribution in [0, 0.1) is 5.92 Å². The van der Waals surface area contributed by atoms with Crippen molar-refractivity contribution in [1.82, 2.24) is 0 Å². The zero-order chi connectivity index (χ0) is 10.8. The molecule has 1 fully saturated rings. The van der Waals surface area contributed by atoms with Gasteiger partial charge in [0.1, 0.15) is 0 Å². The largest absolute Gasteiger partial charge is 0.478 e. The van der Waals surface area contributed by atoms with Gasteiger partial charge in [-0.15, -0.1) is 0 Å². The molecule has 2 atom stereocenters. The van der Waals surface area contributed by atoms with Gasteiger partial charge in [0.2, 0.25) is 5.60 Å². The van der Waals surface area contributed by atoms with Crippen molar-refractivity contribution in [3.05, 3.63) is 0 Å². The minimum atomic E-state index is -1.24. The van der Waals surface area contributed by atoms with E-state index in [-0.39, 0.29) is 11.9 Å². The molecule has 0 amide bonds. The fourth-order valence-corrected chi connectivity index (χ4v) is 1.90. The molecule has 1 N–H and O–H groups in total. The van der Waals surface area contributed by atoms with Gasteiger partial charge in [0.25, 0.3) is 0 Å². The predicted molar refractivity (Wildman–Crippen MR) is 49.8 cm³/mol. The van der Waals surface area contributed by atoms with E-state index >= 15 is 0 Å². The Morgan fingerprint density at radius 1 is 1.64 bits per heavy atom. The Kier molecular flexibility index (Phi) is 3.13. The van der Waals surface area contributed by atoms with Crippen molar-refractivity contribution in [1.29, 1.82) is 0 Å². The Morgan fingerprint density at radius 3 is 2.64 bits per heavy atom. The van der Waals surface area contributed by atoms with E-state index in [1.807, 2.05) is 13.8 Å². The van der Waals surface area contributed by atoms with Gasteiger partial charge in [-0.05, 0) is 12.8 Å². The number of hydrogen-bond donors (Lipinski definition) is 1. The van der Waals surface area contributed by atoms with Crippen molar-refractivity contribution in [2.75, 3.05) is 0 Å². The summed E-state index contributed by atoms with van der Waals surface area (Å²) in [6.45, 7) is 3.76. The van der Waals surface area contributed by atoms with Crippen molar-refractivity contribution in [2.45, 2.75) is 45.1 Å². The molecule has 2 unspecified atom stereocenters. The molecule has 4 nitrogen and oxygen atoms in total. The van der Waals surface area contributed by atoms with Crippen LogP contribution in [0.25, 0.3) is 0 Å². The van der Waals surface area contributed by atoms with E-state index < -0.39 is 11.6 Å². The van der Waals surface area contributed by atoms with E-state index in [9.17, 15) is 9.59 Å². The molecule has 0 saturated carbocycles. The molecule has 0 aliphatic carbocycles. The van der Waals surface area contributed by atoms with Crippen LogP contribution in [-0.2, 0) is 14.3 Å². The molecule has 1 rings (SSSR count). The number of ether oxygens (including phenoxy) is 1. The summed E-state index contributed by atoms with van der Waals surface area (Å²) < 4.78 is 5.02. The second kappa shape index (κ2) is 3.98. The van der Waals surface area contributed by atoms with Gasteiger partial charge in [0.05, 0.1) is 5.92 Å². The normalized spacial score (nSPS) is 31.6. The van der Waals surface area contributed by atoms with Crippen LogP contribution >= 0.6 is 0 Å².